The number of aromatic amines is 1. The van der Waals surface area contributed by atoms with Gasteiger partial charge in [0, 0.05) is 20.5 Å². The fourth-order valence-electron chi connectivity index (χ4n) is 3.39. The number of unbranched alkanes of at least 4 members (excludes halogenated alkanes) is 1. The van der Waals surface area contributed by atoms with Crippen LogP contribution in [-0.4, -0.2) is 35.2 Å². The van der Waals surface area contributed by atoms with Gasteiger partial charge in [0.25, 0.3) is 5.56 Å². The summed E-state index contributed by atoms with van der Waals surface area (Å²) in [6, 6.07) is 6.40. The zero-order chi connectivity index (χ0) is 24.2. The van der Waals surface area contributed by atoms with E-state index in [-0.39, 0.29) is 24.4 Å². The van der Waals surface area contributed by atoms with Crippen LogP contribution in [-0.2, 0) is 31.5 Å². The Morgan fingerprint density at radius 3 is 2.59 bits per heavy atom. The maximum Gasteiger partial charge on any atom is 0.338 e. The number of carbonyl (C=O) groups excluding carboxylic acids is 1. The summed E-state index contributed by atoms with van der Waals surface area (Å²) in [4.78, 5) is 47.9. The number of fused-ring (bicyclic) bond motifs is 1. The van der Waals surface area contributed by atoms with Gasteiger partial charge in [-0.1, -0.05) is 18.5 Å². The third kappa shape index (κ3) is 4.75. The van der Waals surface area contributed by atoms with Crippen molar-refractivity contribution in [2.75, 3.05) is 0 Å². The van der Waals surface area contributed by atoms with Crippen molar-refractivity contribution < 1.29 is 18.8 Å². The molecule has 0 atom stereocenters. The number of benzene rings is 1. The summed E-state index contributed by atoms with van der Waals surface area (Å²) in [5.74, 6) is 1.18. The number of aryl methyl sites for hydroxylation is 3. The number of H-pyrrole nitrogens is 1. The zero-order valence-corrected chi connectivity index (χ0v) is 19.0. The number of esters is 1. The highest BCUT2D eigenvalue weighted by atomic mass is 16.5. The Morgan fingerprint density at radius 1 is 1.15 bits per heavy atom. The molecule has 0 saturated heterocycles. The van der Waals surface area contributed by atoms with E-state index in [9.17, 15) is 14.4 Å². The van der Waals surface area contributed by atoms with E-state index in [4.69, 9.17) is 14.0 Å². The second-order valence-corrected chi connectivity index (χ2v) is 7.64. The molecule has 0 aliphatic heterocycles. The lowest BCUT2D eigenvalue weighted by molar-refractivity contribution is 0.0459. The molecule has 1 N–H and O–H groups in total. The van der Waals surface area contributed by atoms with Crippen molar-refractivity contribution in [1.82, 2.24) is 29.2 Å². The van der Waals surface area contributed by atoms with E-state index in [0.29, 0.717) is 35.4 Å². The fourth-order valence-corrected chi connectivity index (χ4v) is 3.39. The van der Waals surface area contributed by atoms with E-state index < -0.39 is 17.2 Å². The van der Waals surface area contributed by atoms with Crippen molar-refractivity contribution in [3.05, 3.63) is 68.2 Å². The van der Waals surface area contributed by atoms with Crippen LogP contribution in [0.2, 0.25) is 0 Å². The topological polar surface area (TPSA) is 147 Å². The van der Waals surface area contributed by atoms with Gasteiger partial charge in [-0.05, 0) is 30.7 Å². The van der Waals surface area contributed by atoms with Gasteiger partial charge >= 0.3 is 11.7 Å². The summed E-state index contributed by atoms with van der Waals surface area (Å²) >= 11 is 0. The number of hydrogen-bond donors (Lipinski definition) is 1. The van der Waals surface area contributed by atoms with E-state index in [1.807, 2.05) is 6.92 Å². The van der Waals surface area contributed by atoms with Crippen LogP contribution in [0.15, 0.2) is 38.4 Å². The SMILES string of the molecule is CCCCn1c(=O)[nH]c(=O)c2c1nc(COC(=O)c1ccc(OCc3noc(C)n3)cc1)n2C. The van der Waals surface area contributed by atoms with Crippen molar-refractivity contribution >= 4 is 17.1 Å². The average Bonchev–Trinajstić information content (AvgIpc) is 3.39. The molecule has 0 aliphatic carbocycles. The normalized spacial score (nSPS) is 11.1. The summed E-state index contributed by atoms with van der Waals surface area (Å²) < 4.78 is 18.8. The van der Waals surface area contributed by atoms with Crippen molar-refractivity contribution in [2.45, 2.75) is 46.4 Å². The Morgan fingerprint density at radius 2 is 1.91 bits per heavy atom. The zero-order valence-electron chi connectivity index (χ0n) is 19.0. The van der Waals surface area contributed by atoms with Crippen LogP contribution in [0.1, 0.15) is 47.7 Å². The third-order valence-electron chi connectivity index (χ3n) is 5.20. The minimum absolute atomic E-state index is 0.135. The molecule has 0 bridgehead atoms. The lowest BCUT2D eigenvalue weighted by atomic mass is 10.2. The second-order valence-electron chi connectivity index (χ2n) is 7.64. The van der Waals surface area contributed by atoms with Gasteiger partial charge in [0.15, 0.2) is 17.8 Å². The van der Waals surface area contributed by atoms with Crippen LogP contribution < -0.4 is 16.0 Å². The van der Waals surface area contributed by atoms with Gasteiger partial charge in [-0.15, -0.1) is 0 Å². The highest BCUT2D eigenvalue weighted by molar-refractivity contribution is 5.89. The van der Waals surface area contributed by atoms with E-state index >= 15 is 0 Å². The number of carbonyl (C=O) groups is 1. The molecule has 3 heterocycles. The lowest BCUT2D eigenvalue weighted by Gasteiger charge is -2.07. The molecular formula is C22H24N6O6. The molecule has 3 aromatic heterocycles. The highest BCUT2D eigenvalue weighted by Gasteiger charge is 2.18. The number of imidazole rings is 1. The summed E-state index contributed by atoms with van der Waals surface area (Å²) in [6.07, 6.45) is 1.64. The number of hydrogen-bond acceptors (Lipinski definition) is 9. The van der Waals surface area contributed by atoms with Crippen LogP contribution in [0.3, 0.4) is 0 Å². The Hall–Kier alpha value is -4.22. The number of ether oxygens (including phenoxy) is 2. The largest absolute Gasteiger partial charge is 0.485 e. The van der Waals surface area contributed by atoms with Crippen molar-refractivity contribution in [3.8, 4) is 5.75 Å². The standard InChI is InChI=1S/C22H24N6O6/c1-4-5-10-28-19-18(20(29)25-22(28)31)27(3)17(24-19)12-33-21(30)14-6-8-15(9-7-14)32-11-16-23-13(2)34-26-16/h6-9H,4-5,10-12H2,1-3H3,(H,25,29,31). The Labute approximate surface area is 193 Å². The van der Waals surface area contributed by atoms with Crippen molar-refractivity contribution in [3.63, 3.8) is 0 Å². The molecule has 0 saturated carbocycles. The molecule has 4 aromatic rings. The number of nitrogens with one attached hydrogen (secondary N) is 1. The third-order valence-corrected chi connectivity index (χ3v) is 5.20. The summed E-state index contributed by atoms with van der Waals surface area (Å²) in [7, 11) is 1.64. The van der Waals surface area contributed by atoms with Crippen LogP contribution in [0.4, 0.5) is 0 Å². The first kappa shape index (κ1) is 23.0. The minimum atomic E-state index is -0.565. The first-order valence-electron chi connectivity index (χ1n) is 10.7. The molecular weight excluding hydrogens is 444 g/mol. The molecule has 0 amide bonds. The molecule has 0 unspecified atom stereocenters. The second kappa shape index (κ2) is 9.73. The van der Waals surface area contributed by atoms with Crippen LogP contribution in [0.25, 0.3) is 11.2 Å². The molecule has 34 heavy (non-hydrogen) atoms. The Bertz CT molecular complexity index is 1430. The molecule has 178 valence electrons. The van der Waals surface area contributed by atoms with E-state index in [1.54, 1.807) is 38.2 Å². The molecule has 1 aromatic carbocycles. The molecule has 0 aliphatic rings. The molecule has 0 spiro atoms. The average molecular weight is 468 g/mol. The fraction of sp³-hybridized carbons (Fsp3) is 0.364. The van der Waals surface area contributed by atoms with E-state index in [2.05, 4.69) is 20.1 Å². The van der Waals surface area contributed by atoms with Gasteiger partial charge in [-0.25, -0.2) is 14.6 Å². The van der Waals surface area contributed by atoms with Gasteiger partial charge in [0.05, 0.1) is 5.56 Å². The summed E-state index contributed by atoms with van der Waals surface area (Å²) in [5, 5.41) is 3.75. The van der Waals surface area contributed by atoms with Crippen molar-refractivity contribution in [2.24, 2.45) is 7.05 Å². The van der Waals surface area contributed by atoms with Crippen molar-refractivity contribution in [1.29, 1.82) is 0 Å². The highest BCUT2D eigenvalue weighted by Crippen LogP contribution is 2.16. The Balaban J connectivity index is 1.44. The van der Waals surface area contributed by atoms with Gasteiger partial charge < -0.3 is 18.6 Å². The first-order chi connectivity index (χ1) is 16.4. The minimum Gasteiger partial charge on any atom is -0.485 e. The smallest absolute Gasteiger partial charge is 0.338 e. The predicted molar refractivity (Wildman–Crippen MR) is 119 cm³/mol. The van der Waals surface area contributed by atoms with Crippen LogP contribution in [0.5, 0.6) is 5.75 Å². The number of nitrogens with zero attached hydrogens (tertiary/aromatic N) is 5. The summed E-state index contributed by atoms with van der Waals surface area (Å²) in [5.41, 5.74) is -0.204. The number of rotatable bonds is 9. The predicted octanol–water partition coefficient (Wildman–Crippen LogP) is 1.85. The molecule has 0 radical (unpaired) electrons. The first-order valence-corrected chi connectivity index (χ1v) is 10.7. The Kier molecular flexibility index (Phi) is 6.57. The van der Waals surface area contributed by atoms with Gasteiger partial charge in [0.1, 0.15) is 18.2 Å². The van der Waals surface area contributed by atoms with Crippen LogP contribution in [0, 0.1) is 6.92 Å². The quantitative estimate of drug-likeness (QED) is 0.363. The van der Waals surface area contributed by atoms with Gasteiger partial charge in [-0.3, -0.25) is 14.3 Å². The van der Waals surface area contributed by atoms with E-state index in [0.717, 1.165) is 12.8 Å². The van der Waals surface area contributed by atoms with Crippen LogP contribution >= 0.6 is 0 Å². The molecule has 12 heteroatoms. The maximum absolute atomic E-state index is 12.5. The lowest BCUT2D eigenvalue weighted by Crippen LogP contribution is -2.31. The maximum atomic E-state index is 12.5. The molecule has 12 nitrogen and oxygen atoms in total. The molecule has 0 fully saturated rings. The van der Waals surface area contributed by atoms with Gasteiger partial charge in [0.2, 0.25) is 11.7 Å². The molecule has 4 rings (SSSR count). The number of aromatic nitrogens is 6. The van der Waals surface area contributed by atoms with E-state index in [1.165, 1.54) is 9.13 Å². The monoisotopic (exact) mass is 468 g/mol. The van der Waals surface area contributed by atoms with Gasteiger partial charge in [-0.2, -0.15) is 4.98 Å². The summed E-state index contributed by atoms with van der Waals surface area (Å²) in [6.45, 7) is 4.09.